The summed E-state index contributed by atoms with van der Waals surface area (Å²) in [5.41, 5.74) is 0.0976. The average molecular weight is 406 g/mol. The number of nitrogens with one attached hydrogen (secondary N) is 2. The largest absolute Gasteiger partial charge is 0.467 e. The number of carbonyl (C=O) groups is 2. The molecule has 0 saturated heterocycles. The molecule has 0 atom stereocenters. The molecule has 3 aromatic heterocycles. The van der Waals surface area contributed by atoms with Crippen LogP contribution in [0.4, 0.5) is 10.1 Å². The van der Waals surface area contributed by atoms with Crippen LogP contribution in [-0.2, 0) is 6.54 Å². The standard InChI is InChI=1S/C21H15FN4O4/c22-15-6-3-13(4-7-15)20(28)25-17-11-23-18-8-5-14(12-26(18)21(17)29)19(27)24-10-16-2-1-9-30-16/h1-9,11-12H,10H2,(H,24,27)(H,25,28). The van der Waals surface area contributed by atoms with Crippen LogP contribution in [0.15, 0.2) is 76.4 Å². The molecule has 9 heteroatoms. The predicted octanol–water partition coefficient (Wildman–Crippen LogP) is 2.61. The van der Waals surface area contributed by atoms with Crippen molar-refractivity contribution in [2.24, 2.45) is 0 Å². The molecule has 0 fully saturated rings. The Morgan fingerprint density at radius 3 is 2.53 bits per heavy atom. The van der Waals surface area contributed by atoms with Gasteiger partial charge < -0.3 is 15.1 Å². The Morgan fingerprint density at radius 2 is 1.80 bits per heavy atom. The van der Waals surface area contributed by atoms with Crippen LogP contribution < -0.4 is 16.2 Å². The Kier molecular flexibility index (Phi) is 5.08. The summed E-state index contributed by atoms with van der Waals surface area (Å²) in [5.74, 6) is -0.868. The molecule has 8 nitrogen and oxygen atoms in total. The molecule has 0 unspecified atom stereocenters. The third kappa shape index (κ3) is 3.95. The summed E-state index contributed by atoms with van der Waals surface area (Å²) >= 11 is 0. The highest BCUT2D eigenvalue weighted by atomic mass is 19.1. The Hall–Kier alpha value is -4.27. The number of nitrogens with zero attached hydrogens (tertiary/aromatic N) is 2. The number of hydrogen-bond acceptors (Lipinski definition) is 5. The number of anilines is 1. The number of hydrogen-bond donors (Lipinski definition) is 2. The van der Waals surface area contributed by atoms with Crippen molar-refractivity contribution in [1.29, 1.82) is 0 Å². The number of halogens is 1. The van der Waals surface area contributed by atoms with Crippen molar-refractivity contribution in [2.75, 3.05) is 5.32 Å². The van der Waals surface area contributed by atoms with Gasteiger partial charge in [-0.2, -0.15) is 0 Å². The lowest BCUT2D eigenvalue weighted by molar-refractivity contribution is 0.0946. The second-order valence-corrected chi connectivity index (χ2v) is 6.35. The van der Waals surface area contributed by atoms with E-state index < -0.39 is 23.2 Å². The Balaban J connectivity index is 1.57. The van der Waals surface area contributed by atoms with Gasteiger partial charge in [0.15, 0.2) is 0 Å². The van der Waals surface area contributed by atoms with Crippen LogP contribution in [-0.4, -0.2) is 21.2 Å². The number of benzene rings is 1. The summed E-state index contributed by atoms with van der Waals surface area (Å²) < 4.78 is 19.4. The van der Waals surface area contributed by atoms with E-state index in [9.17, 15) is 18.8 Å². The van der Waals surface area contributed by atoms with Crippen molar-refractivity contribution in [3.05, 3.63) is 100 Å². The van der Waals surface area contributed by atoms with Gasteiger partial charge >= 0.3 is 0 Å². The van der Waals surface area contributed by atoms with Gasteiger partial charge in [-0.05, 0) is 48.5 Å². The van der Waals surface area contributed by atoms with Crippen LogP contribution in [0, 0.1) is 5.82 Å². The van der Waals surface area contributed by atoms with Gasteiger partial charge in [-0.1, -0.05) is 0 Å². The van der Waals surface area contributed by atoms with Crippen molar-refractivity contribution < 1.29 is 18.4 Å². The van der Waals surface area contributed by atoms with Gasteiger partial charge in [-0.25, -0.2) is 9.37 Å². The molecule has 4 aromatic rings. The number of fused-ring (bicyclic) bond motifs is 1. The number of amides is 2. The molecule has 150 valence electrons. The number of aromatic nitrogens is 2. The molecule has 0 aliphatic carbocycles. The van der Waals surface area contributed by atoms with Crippen LogP contribution in [0.1, 0.15) is 26.5 Å². The van der Waals surface area contributed by atoms with Crippen molar-refractivity contribution in [3.8, 4) is 0 Å². The van der Waals surface area contributed by atoms with Crippen LogP contribution >= 0.6 is 0 Å². The molecule has 3 heterocycles. The first kappa shape index (κ1) is 19.1. The van der Waals surface area contributed by atoms with Crippen LogP contribution in [0.25, 0.3) is 5.65 Å². The number of pyridine rings is 1. The summed E-state index contributed by atoms with van der Waals surface area (Å²) in [7, 11) is 0. The molecular weight excluding hydrogens is 391 g/mol. The van der Waals surface area contributed by atoms with Crippen LogP contribution in [0.5, 0.6) is 0 Å². The third-order valence-corrected chi connectivity index (χ3v) is 4.32. The molecule has 2 amide bonds. The first-order valence-corrected chi connectivity index (χ1v) is 8.90. The van der Waals surface area contributed by atoms with E-state index in [0.29, 0.717) is 11.4 Å². The maximum absolute atomic E-state index is 13.0. The fourth-order valence-electron chi connectivity index (χ4n) is 2.77. The topological polar surface area (TPSA) is 106 Å². The highest BCUT2D eigenvalue weighted by Gasteiger charge is 2.13. The summed E-state index contributed by atoms with van der Waals surface area (Å²) in [6.07, 6.45) is 4.08. The van der Waals surface area contributed by atoms with E-state index in [2.05, 4.69) is 15.6 Å². The lowest BCUT2D eigenvalue weighted by atomic mass is 10.2. The average Bonchev–Trinajstić information content (AvgIpc) is 3.28. The van der Waals surface area contributed by atoms with Gasteiger partial charge in [-0.3, -0.25) is 18.8 Å². The molecule has 0 aliphatic heterocycles. The van der Waals surface area contributed by atoms with E-state index in [0.717, 1.165) is 12.1 Å². The second kappa shape index (κ2) is 8.00. The molecule has 2 N–H and O–H groups in total. The second-order valence-electron chi connectivity index (χ2n) is 6.35. The Bertz CT molecular complexity index is 1280. The van der Waals surface area contributed by atoms with Crippen molar-refractivity contribution in [2.45, 2.75) is 6.54 Å². The van der Waals surface area contributed by atoms with Crippen molar-refractivity contribution in [1.82, 2.24) is 14.7 Å². The molecule has 0 spiro atoms. The molecule has 4 rings (SSSR count). The summed E-state index contributed by atoms with van der Waals surface area (Å²) in [6, 6.07) is 11.4. The highest BCUT2D eigenvalue weighted by Crippen LogP contribution is 2.09. The van der Waals surface area contributed by atoms with E-state index in [1.807, 2.05) is 0 Å². The fourth-order valence-corrected chi connectivity index (χ4v) is 2.77. The first-order chi connectivity index (χ1) is 14.5. The molecule has 30 heavy (non-hydrogen) atoms. The van der Waals surface area contributed by atoms with Crippen LogP contribution in [0.3, 0.4) is 0 Å². The molecule has 0 bridgehead atoms. The lowest BCUT2D eigenvalue weighted by Gasteiger charge is -2.08. The summed E-state index contributed by atoms with van der Waals surface area (Å²) in [5, 5.41) is 5.15. The van der Waals surface area contributed by atoms with Gasteiger partial charge in [0.2, 0.25) is 0 Å². The van der Waals surface area contributed by atoms with Gasteiger partial charge in [0.05, 0.1) is 24.6 Å². The lowest BCUT2D eigenvalue weighted by Crippen LogP contribution is -2.26. The zero-order valence-electron chi connectivity index (χ0n) is 15.5. The van der Waals surface area contributed by atoms with E-state index in [1.54, 1.807) is 12.1 Å². The Labute approximate surface area is 169 Å². The smallest absolute Gasteiger partial charge is 0.281 e. The van der Waals surface area contributed by atoms with Gasteiger partial charge in [0.1, 0.15) is 22.9 Å². The maximum atomic E-state index is 13.0. The quantitative estimate of drug-likeness (QED) is 0.530. The first-order valence-electron chi connectivity index (χ1n) is 8.90. The van der Waals surface area contributed by atoms with E-state index in [-0.39, 0.29) is 23.4 Å². The summed E-state index contributed by atoms with van der Waals surface area (Å²) in [6.45, 7) is 0.199. The predicted molar refractivity (Wildman–Crippen MR) is 106 cm³/mol. The number of furan rings is 1. The van der Waals surface area contributed by atoms with Crippen LogP contribution in [0.2, 0.25) is 0 Å². The van der Waals surface area contributed by atoms with E-state index in [4.69, 9.17) is 4.42 Å². The number of rotatable bonds is 5. The SMILES string of the molecule is O=C(NCc1ccco1)c1ccc2ncc(NC(=O)c3ccc(F)cc3)c(=O)n2c1. The molecular formula is C21H15FN4O4. The van der Waals surface area contributed by atoms with E-state index in [1.165, 1.54) is 47.3 Å². The van der Waals surface area contributed by atoms with Gasteiger partial charge in [0, 0.05) is 11.8 Å². The summed E-state index contributed by atoms with van der Waals surface area (Å²) in [4.78, 5) is 41.6. The molecule has 0 saturated carbocycles. The van der Waals surface area contributed by atoms with Crippen molar-refractivity contribution >= 4 is 23.1 Å². The van der Waals surface area contributed by atoms with Gasteiger partial charge in [-0.15, -0.1) is 0 Å². The minimum absolute atomic E-state index is 0.0741. The minimum atomic E-state index is -0.582. The molecule has 0 aliphatic rings. The molecule has 0 radical (unpaired) electrons. The zero-order chi connectivity index (χ0) is 21.1. The Morgan fingerprint density at radius 1 is 1.03 bits per heavy atom. The van der Waals surface area contributed by atoms with E-state index >= 15 is 0 Å². The minimum Gasteiger partial charge on any atom is -0.467 e. The fraction of sp³-hybridized carbons (Fsp3) is 0.0476. The third-order valence-electron chi connectivity index (χ3n) is 4.32. The van der Waals surface area contributed by atoms with Gasteiger partial charge in [0.25, 0.3) is 17.4 Å². The molecule has 1 aromatic carbocycles. The number of carbonyl (C=O) groups excluding carboxylic acids is 2. The normalized spacial score (nSPS) is 10.7. The maximum Gasteiger partial charge on any atom is 0.281 e. The van der Waals surface area contributed by atoms with Crippen molar-refractivity contribution in [3.63, 3.8) is 0 Å². The monoisotopic (exact) mass is 406 g/mol. The zero-order valence-corrected chi connectivity index (χ0v) is 15.5. The highest BCUT2D eigenvalue weighted by molar-refractivity contribution is 6.04.